The zero-order chi connectivity index (χ0) is 15.4. The summed E-state index contributed by atoms with van der Waals surface area (Å²) in [5.41, 5.74) is 0.693. The van der Waals surface area contributed by atoms with E-state index < -0.39 is 16.8 Å². The molecule has 0 saturated carbocycles. The minimum atomic E-state index is -1.20. The van der Waals surface area contributed by atoms with Crippen molar-refractivity contribution in [3.8, 4) is 6.07 Å². The van der Waals surface area contributed by atoms with E-state index in [4.69, 9.17) is 14.8 Å². The number of carbonyl (C=O) groups is 1. The molecule has 1 atom stereocenters. The number of aromatic carboxylic acids is 1. The highest BCUT2D eigenvalue weighted by atomic mass is 16.6. The van der Waals surface area contributed by atoms with Gasteiger partial charge in [-0.2, -0.15) is 5.26 Å². The molecule has 7 nitrogen and oxygen atoms in total. The Morgan fingerprint density at radius 3 is 2.48 bits per heavy atom. The van der Waals surface area contributed by atoms with Gasteiger partial charge >= 0.3 is 5.97 Å². The Hall–Kier alpha value is -3.14. The van der Waals surface area contributed by atoms with Crippen LogP contribution < -0.4 is 0 Å². The molecular weight excluding hydrogens is 276 g/mol. The van der Waals surface area contributed by atoms with Gasteiger partial charge in [0.05, 0.1) is 11.0 Å². The number of nitrogens with zero attached hydrogens (tertiary/aromatic N) is 2. The van der Waals surface area contributed by atoms with E-state index in [1.165, 1.54) is 24.3 Å². The van der Waals surface area contributed by atoms with Gasteiger partial charge in [-0.1, -0.05) is 12.1 Å². The average molecular weight is 286 g/mol. The third kappa shape index (κ3) is 3.25. The van der Waals surface area contributed by atoms with Gasteiger partial charge in [0.25, 0.3) is 5.69 Å². The molecule has 0 spiro atoms. The minimum Gasteiger partial charge on any atom is -0.475 e. The molecule has 0 aliphatic heterocycles. The SMILES string of the molecule is N#CC(Cc1ccc([N+](=O)[O-])cc1)c1ccc(C(=O)O)o1. The normalized spacial score (nSPS) is 11.6. The molecule has 0 saturated heterocycles. The maximum atomic E-state index is 10.7. The van der Waals surface area contributed by atoms with E-state index in [0.717, 1.165) is 5.56 Å². The smallest absolute Gasteiger partial charge is 0.371 e. The Bertz CT molecular complexity index is 712. The van der Waals surface area contributed by atoms with Crippen molar-refractivity contribution >= 4 is 11.7 Å². The molecule has 0 aliphatic carbocycles. The van der Waals surface area contributed by atoms with E-state index in [1.807, 2.05) is 6.07 Å². The third-order valence-electron chi connectivity index (χ3n) is 2.92. The first-order valence-electron chi connectivity index (χ1n) is 5.97. The number of nitro benzene ring substituents is 1. The lowest BCUT2D eigenvalue weighted by molar-refractivity contribution is -0.384. The fraction of sp³-hybridized carbons (Fsp3) is 0.143. The summed E-state index contributed by atoms with van der Waals surface area (Å²) in [5, 5.41) is 28.5. The van der Waals surface area contributed by atoms with Gasteiger partial charge in [-0.25, -0.2) is 4.79 Å². The maximum absolute atomic E-state index is 10.7. The topological polar surface area (TPSA) is 117 Å². The molecule has 0 fully saturated rings. The van der Waals surface area contributed by atoms with Crippen LogP contribution in [-0.4, -0.2) is 16.0 Å². The number of nitro groups is 1. The Morgan fingerprint density at radius 2 is 2.00 bits per heavy atom. The summed E-state index contributed by atoms with van der Waals surface area (Å²) in [7, 11) is 0. The molecule has 0 bridgehead atoms. The van der Waals surface area contributed by atoms with Crippen LogP contribution in [0.1, 0.15) is 27.8 Å². The number of benzene rings is 1. The van der Waals surface area contributed by atoms with E-state index >= 15 is 0 Å². The van der Waals surface area contributed by atoms with Gasteiger partial charge in [-0.15, -0.1) is 0 Å². The molecule has 2 rings (SSSR count). The molecule has 2 aromatic rings. The predicted octanol–water partition coefficient (Wildman–Crippen LogP) is 2.74. The largest absolute Gasteiger partial charge is 0.475 e. The van der Waals surface area contributed by atoms with Crippen LogP contribution in [0.4, 0.5) is 5.69 Å². The van der Waals surface area contributed by atoms with Crippen LogP contribution in [0.15, 0.2) is 40.8 Å². The van der Waals surface area contributed by atoms with Gasteiger partial charge in [0, 0.05) is 12.1 Å². The number of nitriles is 1. The number of carboxylic acid groups (broad SMARTS) is 1. The van der Waals surface area contributed by atoms with Gasteiger partial charge < -0.3 is 9.52 Å². The lowest BCUT2D eigenvalue weighted by Gasteiger charge is -2.06. The summed E-state index contributed by atoms with van der Waals surface area (Å²) in [5.74, 6) is -1.82. The lowest BCUT2D eigenvalue weighted by Crippen LogP contribution is -2.00. The number of non-ortho nitro benzene ring substituents is 1. The molecule has 1 aromatic heterocycles. The number of hydrogen-bond acceptors (Lipinski definition) is 5. The average Bonchev–Trinajstić information content (AvgIpc) is 2.95. The van der Waals surface area contributed by atoms with Crippen molar-refractivity contribution in [2.45, 2.75) is 12.3 Å². The summed E-state index contributed by atoms with van der Waals surface area (Å²) < 4.78 is 5.10. The minimum absolute atomic E-state index is 0.0292. The number of carboxylic acids is 1. The van der Waals surface area contributed by atoms with Crippen LogP contribution in [0.25, 0.3) is 0 Å². The molecule has 1 heterocycles. The molecule has 1 unspecified atom stereocenters. The summed E-state index contributed by atoms with van der Waals surface area (Å²) in [6, 6.07) is 10.6. The number of hydrogen-bond donors (Lipinski definition) is 1. The monoisotopic (exact) mass is 286 g/mol. The van der Waals surface area contributed by atoms with Crippen molar-refractivity contribution in [1.82, 2.24) is 0 Å². The van der Waals surface area contributed by atoms with Crippen molar-refractivity contribution in [3.63, 3.8) is 0 Å². The fourth-order valence-electron chi connectivity index (χ4n) is 1.85. The van der Waals surface area contributed by atoms with Crippen molar-refractivity contribution < 1.29 is 19.2 Å². The second kappa shape index (κ2) is 5.88. The molecule has 0 aliphatic rings. The molecule has 0 radical (unpaired) electrons. The van der Waals surface area contributed by atoms with Crippen molar-refractivity contribution in [1.29, 1.82) is 5.26 Å². The van der Waals surface area contributed by atoms with Gasteiger partial charge in [0.15, 0.2) is 0 Å². The van der Waals surface area contributed by atoms with Crippen LogP contribution in [0.2, 0.25) is 0 Å². The number of rotatable bonds is 5. The summed E-state index contributed by atoms with van der Waals surface area (Å²) in [6.45, 7) is 0. The van der Waals surface area contributed by atoms with E-state index in [0.29, 0.717) is 0 Å². The van der Waals surface area contributed by atoms with Crippen LogP contribution in [0.3, 0.4) is 0 Å². The van der Waals surface area contributed by atoms with Gasteiger partial charge in [-0.05, 0) is 24.1 Å². The zero-order valence-corrected chi connectivity index (χ0v) is 10.7. The van der Waals surface area contributed by atoms with E-state index in [-0.39, 0.29) is 23.6 Å². The fourth-order valence-corrected chi connectivity index (χ4v) is 1.85. The Labute approximate surface area is 119 Å². The highest BCUT2D eigenvalue weighted by Gasteiger charge is 2.18. The van der Waals surface area contributed by atoms with Crippen LogP contribution in [0, 0.1) is 21.4 Å². The molecule has 21 heavy (non-hydrogen) atoms. The quantitative estimate of drug-likeness (QED) is 0.667. The Morgan fingerprint density at radius 1 is 1.33 bits per heavy atom. The molecule has 106 valence electrons. The van der Waals surface area contributed by atoms with Crippen molar-refractivity contribution in [2.24, 2.45) is 0 Å². The molecule has 0 amide bonds. The molecule has 1 N–H and O–H groups in total. The highest BCUT2D eigenvalue weighted by Crippen LogP contribution is 2.23. The zero-order valence-electron chi connectivity index (χ0n) is 10.7. The Kier molecular flexibility index (Phi) is 4.00. The van der Waals surface area contributed by atoms with Crippen molar-refractivity contribution in [3.05, 3.63) is 63.6 Å². The standard InChI is InChI=1S/C14H10N2O5/c15-8-10(12-5-6-13(21-12)14(17)18)7-9-1-3-11(4-2-9)16(19)20/h1-6,10H,7H2,(H,17,18). The van der Waals surface area contributed by atoms with Gasteiger partial charge in [0.1, 0.15) is 11.7 Å². The molecular formula is C14H10N2O5. The summed E-state index contributed by atoms with van der Waals surface area (Å²) in [6.07, 6.45) is 0.279. The molecule has 7 heteroatoms. The van der Waals surface area contributed by atoms with Crippen LogP contribution in [-0.2, 0) is 6.42 Å². The van der Waals surface area contributed by atoms with E-state index in [1.54, 1.807) is 12.1 Å². The first-order chi connectivity index (χ1) is 10.0. The van der Waals surface area contributed by atoms with E-state index in [2.05, 4.69) is 0 Å². The van der Waals surface area contributed by atoms with Gasteiger partial charge in [-0.3, -0.25) is 10.1 Å². The first kappa shape index (κ1) is 14.3. The van der Waals surface area contributed by atoms with Crippen molar-refractivity contribution in [2.75, 3.05) is 0 Å². The summed E-state index contributed by atoms with van der Waals surface area (Å²) >= 11 is 0. The third-order valence-corrected chi connectivity index (χ3v) is 2.92. The van der Waals surface area contributed by atoms with Gasteiger partial charge in [0.2, 0.25) is 5.76 Å². The predicted molar refractivity (Wildman–Crippen MR) is 70.8 cm³/mol. The second-order valence-corrected chi connectivity index (χ2v) is 4.32. The lowest BCUT2D eigenvalue weighted by atomic mass is 9.98. The highest BCUT2D eigenvalue weighted by molar-refractivity contribution is 5.84. The first-order valence-corrected chi connectivity index (χ1v) is 5.97. The van der Waals surface area contributed by atoms with Crippen LogP contribution >= 0.6 is 0 Å². The number of furan rings is 1. The summed E-state index contributed by atoms with van der Waals surface area (Å²) in [4.78, 5) is 20.8. The second-order valence-electron chi connectivity index (χ2n) is 4.32. The van der Waals surface area contributed by atoms with Crippen LogP contribution in [0.5, 0.6) is 0 Å². The molecule has 1 aromatic carbocycles. The Balaban J connectivity index is 2.16. The van der Waals surface area contributed by atoms with E-state index in [9.17, 15) is 14.9 Å². The maximum Gasteiger partial charge on any atom is 0.371 e.